The van der Waals surface area contributed by atoms with Gasteiger partial charge in [0.15, 0.2) is 5.79 Å². The van der Waals surface area contributed by atoms with Crippen molar-refractivity contribution in [1.29, 1.82) is 0 Å². The van der Waals surface area contributed by atoms with Crippen LogP contribution in [0.3, 0.4) is 0 Å². The molecule has 2 aromatic rings. The van der Waals surface area contributed by atoms with Crippen molar-refractivity contribution in [3.63, 3.8) is 0 Å². The minimum absolute atomic E-state index is 0.0261. The lowest BCUT2D eigenvalue weighted by Crippen LogP contribution is -2.66. The first-order valence-electron chi connectivity index (χ1n) is 10.4. The Labute approximate surface area is 174 Å². The molecule has 5 nitrogen and oxygen atoms in total. The molecule has 3 rings (SSSR count). The number of hydrazone groups is 1. The topological polar surface area (TPSA) is 65.7 Å². The number of hydrogen-bond donors (Lipinski definition) is 3. The average Bonchev–Trinajstić information content (AvgIpc) is 2.74. The second-order valence-electron chi connectivity index (χ2n) is 8.07. The highest BCUT2D eigenvalue weighted by atomic mass is 15.5. The Kier molecular flexibility index (Phi) is 6.52. The lowest BCUT2D eigenvalue weighted by molar-refractivity contribution is 0.120. The van der Waals surface area contributed by atoms with Gasteiger partial charge in [-0.05, 0) is 38.6 Å². The number of likely N-dealkylation sites (N-methyl/N-ethyl adjacent to an activating group) is 1. The number of rotatable bonds is 8. The van der Waals surface area contributed by atoms with Crippen molar-refractivity contribution in [2.75, 3.05) is 19.6 Å². The predicted molar refractivity (Wildman–Crippen MR) is 122 cm³/mol. The molecule has 0 saturated heterocycles. The van der Waals surface area contributed by atoms with Crippen LogP contribution in [0.5, 0.6) is 0 Å². The third-order valence-electron chi connectivity index (χ3n) is 5.54. The molecule has 2 aromatic carbocycles. The molecule has 1 heterocycles. The number of nitrogens with two attached hydrogens (primary N) is 1. The molecule has 154 valence electrons. The zero-order chi connectivity index (χ0) is 20.9. The van der Waals surface area contributed by atoms with Gasteiger partial charge in [0, 0.05) is 23.2 Å². The van der Waals surface area contributed by atoms with Gasteiger partial charge in [0.2, 0.25) is 0 Å². The first kappa shape index (κ1) is 21.2. The molecule has 0 aliphatic carbocycles. The van der Waals surface area contributed by atoms with Gasteiger partial charge >= 0.3 is 0 Å². The number of allylic oxidation sites excluding steroid dienone is 1. The van der Waals surface area contributed by atoms with Crippen LogP contribution in [0.15, 0.2) is 71.8 Å². The molecule has 1 aliphatic rings. The van der Waals surface area contributed by atoms with E-state index >= 15 is 0 Å². The molecule has 0 spiro atoms. The van der Waals surface area contributed by atoms with Gasteiger partial charge < -0.3 is 0 Å². The fourth-order valence-corrected chi connectivity index (χ4v) is 3.84. The molecule has 29 heavy (non-hydrogen) atoms. The van der Waals surface area contributed by atoms with Gasteiger partial charge in [-0.15, -0.1) is 0 Å². The van der Waals surface area contributed by atoms with Crippen molar-refractivity contribution in [3.8, 4) is 0 Å². The summed E-state index contributed by atoms with van der Waals surface area (Å²) in [5, 5.41) is 8.19. The monoisotopic (exact) mass is 391 g/mol. The maximum atomic E-state index is 6.69. The van der Waals surface area contributed by atoms with Crippen molar-refractivity contribution in [2.45, 2.75) is 39.0 Å². The maximum Gasteiger partial charge on any atom is 0.177 e. The Morgan fingerprint density at radius 3 is 2.07 bits per heavy atom. The van der Waals surface area contributed by atoms with Crippen molar-refractivity contribution in [3.05, 3.63) is 77.9 Å². The summed E-state index contributed by atoms with van der Waals surface area (Å²) in [4.78, 5) is 2.42. The van der Waals surface area contributed by atoms with E-state index < -0.39 is 5.79 Å². The summed E-state index contributed by atoms with van der Waals surface area (Å²) in [5.74, 6) is -0.923. The first-order chi connectivity index (χ1) is 13.9. The minimum atomic E-state index is -0.923. The third-order valence-corrected chi connectivity index (χ3v) is 5.54. The lowest BCUT2D eigenvalue weighted by atomic mass is 9.93. The molecule has 4 N–H and O–H groups in total. The van der Waals surface area contributed by atoms with Gasteiger partial charge in [-0.3, -0.25) is 21.4 Å². The highest BCUT2D eigenvalue weighted by Gasteiger charge is 2.32. The Balaban J connectivity index is 1.90. The van der Waals surface area contributed by atoms with Crippen LogP contribution in [0.4, 0.5) is 0 Å². The summed E-state index contributed by atoms with van der Waals surface area (Å²) < 4.78 is 0. The van der Waals surface area contributed by atoms with E-state index in [4.69, 9.17) is 10.8 Å². The van der Waals surface area contributed by atoms with Crippen molar-refractivity contribution in [2.24, 2.45) is 10.8 Å². The second-order valence-corrected chi connectivity index (χ2v) is 8.07. The maximum absolute atomic E-state index is 6.69. The van der Waals surface area contributed by atoms with Crippen molar-refractivity contribution < 1.29 is 0 Å². The first-order valence-corrected chi connectivity index (χ1v) is 10.4. The van der Waals surface area contributed by atoms with Crippen molar-refractivity contribution in [1.82, 2.24) is 15.6 Å². The van der Waals surface area contributed by atoms with E-state index in [9.17, 15) is 0 Å². The van der Waals surface area contributed by atoms with Gasteiger partial charge in [0.05, 0.1) is 5.71 Å². The summed E-state index contributed by atoms with van der Waals surface area (Å²) >= 11 is 0. The molecule has 0 aromatic heterocycles. The quantitative estimate of drug-likeness (QED) is 0.604. The third kappa shape index (κ3) is 4.93. The van der Waals surface area contributed by atoms with Crippen LogP contribution in [-0.4, -0.2) is 41.6 Å². The molecule has 5 heteroatoms. The Bertz CT molecular complexity index is 853. The van der Waals surface area contributed by atoms with E-state index in [-0.39, 0.29) is 5.54 Å². The summed E-state index contributed by atoms with van der Waals surface area (Å²) in [5.41, 5.74) is 13.9. The fraction of sp³-hybridized carbons (Fsp3) is 0.375. The Morgan fingerprint density at radius 1 is 0.966 bits per heavy atom. The Morgan fingerprint density at radius 2 is 1.52 bits per heavy atom. The van der Waals surface area contributed by atoms with Gasteiger partial charge in [-0.1, -0.05) is 74.5 Å². The molecule has 0 fully saturated rings. The van der Waals surface area contributed by atoms with E-state index in [1.165, 1.54) is 0 Å². The Hall–Kier alpha value is -2.47. The van der Waals surface area contributed by atoms with Crippen LogP contribution in [-0.2, 0) is 0 Å². The SMILES string of the molecule is CCN(CC)C(C)(C)CNC1(N)C=C(c2ccccc2)C(c2ccccc2)=NN1. The van der Waals surface area contributed by atoms with E-state index in [0.717, 1.165) is 42.0 Å². The molecule has 0 bridgehead atoms. The van der Waals surface area contributed by atoms with Crippen LogP contribution >= 0.6 is 0 Å². The van der Waals surface area contributed by atoms with Gasteiger partial charge in [-0.25, -0.2) is 0 Å². The van der Waals surface area contributed by atoms with E-state index in [0.29, 0.717) is 0 Å². The molecule has 0 radical (unpaired) electrons. The second kappa shape index (κ2) is 8.91. The summed E-state index contributed by atoms with van der Waals surface area (Å²) in [6, 6.07) is 20.5. The average molecular weight is 392 g/mol. The number of nitrogens with zero attached hydrogens (tertiary/aromatic N) is 2. The van der Waals surface area contributed by atoms with Gasteiger partial charge in [-0.2, -0.15) is 5.10 Å². The number of hydrogen-bond acceptors (Lipinski definition) is 5. The lowest BCUT2D eigenvalue weighted by Gasteiger charge is -2.41. The van der Waals surface area contributed by atoms with Gasteiger partial charge in [0.1, 0.15) is 0 Å². The molecular weight excluding hydrogens is 358 g/mol. The summed E-state index contributed by atoms with van der Waals surface area (Å²) in [7, 11) is 0. The smallest absolute Gasteiger partial charge is 0.177 e. The largest absolute Gasteiger partial charge is 0.297 e. The standard InChI is InChI=1S/C24H33N5/c1-5-29(6-2)23(3,4)18-26-24(25)17-21(19-13-9-7-10-14-19)22(27-28-24)20-15-11-8-12-16-20/h7-17,26,28H,5-6,18,25H2,1-4H3. The van der Waals surface area contributed by atoms with Crippen LogP contribution in [0.1, 0.15) is 38.8 Å². The molecule has 1 atom stereocenters. The molecule has 0 amide bonds. The zero-order valence-corrected chi connectivity index (χ0v) is 17.9. The predicted octanol–water partition coefficient (Wildman–Crippen LogP) is 3.40. The van der Waals surface area contributed by atoms with Crippen LogP contribution in [0.25, 0.3) is 5.57 Å². The van der Waals surface area contributed by atoms with Crippen LogP contribution < -0.4 is 16.5 Å². The summed E-state index contributed by atoms with van der Waals surface area (Å²) in [6.07, 6.45) is 2.05. The highest BCUT2D eigenvalue weighted by Crippen LogP contribution is 2.25. The van der Waals surface area contributed by atoms with Gasteiger partial charge in [0.25, 0.3) is 0 Å². The van der Waals surface area contributed by atoms with E-state index in [2.05, 4.69) is 73.7 Å². The molecule has 1 aliphatic heterocycles. The highest BCUT2D eigenvalue weighted by molar-refractivity contribution is 6.32. The fourth-order valence-electron chi connectivity index (χ4n) is 3.84. The molecule has 0 saturated carbocycles. The van der Waals surface area contributed by atoms with E-state index in [1.807, 2.05) is 36.4 Å². The molecule has 1 unspecified atom stereocenters. The van der Waals surface area contributed by atoms with Crippen LogP contribution in [0, 0.1) is 0 Å². The van der Waals surface area contributed by atoms with Crippen molar-refractivity contribution >= 4 is 11.3 Å². The van der Waals surface area contributed by atoms with E-state index in [1.54, 1.807) is 0 Å². The molecular formula is C24H33N5. The normalized spacial score (nSPS) is 19.5. The summed E-state index contributed by atoms with van der Waals surface area (Å²) in [6.45, 7) is 11.6. The number of benzene rings is 2. The minimum Gasteiger partial charge on any atom is -0.297 e. The number of nitrogens with one attached hydrogen (secondary N) is 2. The van der Waals surface area contributed by atoms with Crippen LogP contribution in [0.2, 0.25) is 0 Å². The zero-order valence-electron chi connectivity index (χ0n) is 17.9.